The number of aryl methyl sites for hydroxylation is 2. The van der Waals surface area contributed by atoms with Crippen LogP contribution in [0.1, 0.15) is 21.7 Å². The first-order valence-electron chi connectivity index (χ1n) is 7.38. The number of rotatable bonds is 3. The number of anilines is 1. The highest BCUT2D eigenvalue weighted by atomic mass is 32.1. The number of carbonyl (C=O) groups excluding carboxylic acids is 1. The maximum atomic E-state index is 12.3. The van der Waals surface area contributed by atoms with Crippen molar-refractivity contribution < 1.29 is 4.79 Å². The van der Waals surface area contributed by atoms with Crippen LogP contribution in [0.5, 0.6) is 0 Å². The number of carbonyl (C=O) groups is 1. The Morgan fingerprint density at radius 2 is 1.96 bits per heavy atom. The van der Waals surface area contributed by atoms with Gasteiger partial charge in [0.15, 0.2) is 10.3 Å². The van der Waals surface area contributed by atoms with Gasteiger partial charge in [0.25, 0.3) is 5.91 Å². The van der Waals surface area contributed by atoms with Crippen LogP contribution in [0.3, 0.4) is 0 Å². The van der Waals surface area contributed by atoms with Gasteiger partial charge in [0.2, 0.25) is 0 Å². The Morgan fingerprint density at radius 3 is 2.67 bits per heavy atom. The molecule has 0 spiro atoms. The highest BCUT2D eigenvalue weighted by Crippen LogP contribution is 2.28. The highest BCUT2D eigenvalue weighted by Gasteiger charge is 2.13. The van der Waals surface area contributed by atoms with Crippen molar-refractivity contribution in [2.45, 2.75) is 13.8 Å². The van der Waals surface area contributed by atoms with E-state index >= 15 is 0 Å². The lowest BCUT2D eigenvalue weighted by Gasteiger charge is -2.03. The molecule has 1 N–H and O–H groups in total. The van der Waals surface area contributed by atoms with Gasteiger partial charge in [-0.15, -0.1) is 11.3 Å². The van der Waals surface area contributed by atoms with E-state index in [1.165, 1.54) is 11.3 Å². The fraction of sp³-hybridized carbons (Fsp3) is 0.118. The van der Waals surface area contributed by atoms with Crippen LogP contribution in [0, 0.1) is 13.8 Å². The molecule has 7 heteroatoms. The molecule has 0 saturated carbocycles. The second kappa shape index (κ2) is 5.85. The maximum Gasteiger partial charge on any atom is 0.257 e. The van der Waals surface area contributed by atoms with Gasteiger partial charge in [-0.3, -0.25) is 14.7 Å². The number of nitrogens with one attached hydrogen (secondary N) is 1. The number of fused-ring (bicyclic) bond motifs is 1. The van der Waals surface area contributed by atoms with Crippen LogP contribution in [0.15, 0.2) is 41.9 Å². The van der Waals surface area contributed by atoms with Crippen molar-refractivity contribution in [2.24, 2.45) is 0 Å². The summed E-state index contributed by atoms with van der Waals surface area (Å²) in [5, 5.41) is 6.15. The Balaban J connectivity index is 1.70. The Morgan fingerprint density at radius 1 is 1.17 bits per heavy atom. The van der Waals surface area contributed by atoms with E-state index in [4.69, 9.17) is 4.98 Å². The first kappa shape index (κ1) is 15.0. The number of hydrogen-bond acceptors (Lipinski definition) is 5. The fourth-order valence-corrected chi connectivity index (χ4v) is 4.22. The molecule has 0 aliphatic rings. The van der Waals surface area contributed by atoms with E-state index in [0.29, 0.717) is 10.7 Å². The molecule has 1 amide bonds. The van der Waals surface area contributed by atoms with Crippen LogP contribution in [0.4, 0.5) is 5.13 Å². The van der Waals surface area contributed by atoms with E-state index in [9.17, 15) is 4.79 Å². The van der Waals surface area contributed by atoms with E-state index in [-0.39, 0.29) is 5.91 Å². The average Bonchev–Trinajstić information content (AvgIpc) is 3.27. The molecule has 3 aromatic heterocycles. The summed E-state index contributed by atoms with van der Waals surface area (Å²) in [5.41, 5.74) is 3.80. The van der Waals surface area contributed by atoms with Crippen molar-refractivity contribution in [3.05, 3.63) is 58.9 Å². The Hall–Kier alpha value is -2.51. The number of nitrogens with zero attached hydrogens (tertiary/aromatic N) is 3. The van der Waals surface area contributed by atoms with E-state index < -0.39 is 0 Å². The van der Waals surface area contributed by atoms with Crippen LogP contribution < -0.4 is 5.32 Å². The molecule has 0 saturated heterocycles. The second-order valence-electron chi connectivity index (χ2n) is 5.42. The van der Waals surface area contributed by atoms with Crippen LogP contribution in [-0.2, 0) is 0 Å². The summed E-state index contributed by atoms with van der Waals surface area (Å²) in [6, 6.07) is 9.72. The summed E-state index contributed by atoms with van der Waals surface area (Å²) in [6.07, 6.45) is 1.67. The van der Waals surface area contributed by atoms with Gasteiger partial charge in [-0.1, -0.05) is 11.3 Å². The minimum Gasteiger partial charge on any atom is -0.298 e. The smallest absolute Gasteiger partial charge is 0.257 e. The topological polar surface area (TPSA) is 59.8 Å². The number of amides is 1. The van der Waals surface area contributed by atoms with Gasteiger partial charge >= 0.3 is 0 Å². The molecular formula is C17H14N4OS2. The highest BCUT2D eigenvalue weighted by molar-refractivity contribution is 7.20. The van der Waals surface area contributed by atoms with Gasteiger partial charge in [0.05, 0.1) is 10.2 Å². The molecule has 0 fully saturated rings. The zero-order chi connectivity index (χ0) is 16.7. The number of thiazole rings is 2. The molecule has 1 aromatic carbocycles. The lowest BCUT2D eigenvalue weighted by Crippen LogP contribution is -2.11. The summed E-state index contributed by atoms with van der Waals surface area (Å²) in [6.45, 7) is 4.12. The molecule has 0 radical (unpaired) electrons. The van der Waals surface area contributed by atoms with Gasteiger partial charge in [-0.2, -0.15) is 0 Å². The molecular weight excluding hydrogens is 340 g/mol. The third-order valence-corrected chi connectivity index (χ3v) is 5.45. The molecule has 0 unspecified atom stereocenters. The first-order valence-corrected chi connectivity index (χ1v) is 9.08. The van der Waals surface area contributed by atoms with Crippen molar-refractivity contribution in [1.82, 2.24) is 14.5 Å². The molecule has 120 valence electrons. The second-order valence-corrected chi connectivity index (χ2v) is 7.33. The molecule has 4 aromatic rings. The Labute approximate surface area is 146 Å². The van der Waals surface area contributed by atoms with Gasteiger partial charge < -0.3 is 0 Å². The normalized spacial score (nSPS) is 11.1. The van der Waals surface area contributed by atoms with E-state index in [1.807, 2.05) is 17.5 Å². The summed E-state index contributed by atoms with van der Waals surface area (Å²) in [5.74, 6) is -0.157. The minimum atomic E-state index is -0.157. The predicted molar refractivity (Wildman–Crippen MR) is 98.5 cm³/mol. The SMILES string of the molecule is Cc1ccc(C)n1-c1nc2ccc(C(=O)Nc3nccs3)cc2s1. The van der Waals surface area contributed by atoms with Crippen molar-refractivity contribution in [2.75, 3.05) is 5.32 Å². The average molecular weight is 354 g/mol. The summed E-state index contributed by atoms with van der Waals surface area (Å²) in [4.78, 5) is 21.1. The zero-order valence-corrected chi connectivity index (χ0v) is 14.7. The first-order chi connectivity index (χ1) is 11.6. The number of aromatic nitrogens is 3. The van der Waals surface area contributed by atoms with Gasteiger partial charge in [0, 0.05) is 28.5 Å². The van der Waals surface area contributed by atoms with E-state index in [0.717, 1.165) is 26.7 Å². The zero-order valence-electron chi connectivity index (χ0n) is 13.1. The molecule has 4 rings (SSSR count). The lowest BCUT2D eigenvalue weighted by atomic mass is 10.2. The van der Waals surface area contributed by atoms with Gasteiger partial charge in [-0.05, 0) is 44.2 Å². The van der Waals surface area contributed by atoms with Crippen molar-refractivity contribution in [3.63, 3.8) is 0 Å². The molecule has 0 atom stereocenters. The van der Waals surface area contributed by atoms with Crippen LogP contribution in [0.25, 0.3) is 15.3 Å². The monoisotopic (exact) mass is 354 g/mol. The van der Waals surface area contributed by atoms with Crippen LogP contribution in [0.2, 0.25) is 0 Å². The molecule has 5 nitrogen and oxygen atoms in total. The molecule has 0 bridgehead atoms. The quantitative estimate of drug-likeness (QED) is 0.593. The fourth-order valence-electron chi connectivity index (χ4n) is 2.57. The summed E-state index contributed by atoms with van der Waals surface area (Å²) in [7, 11) is 0. The molecule has 0 aliphatic heterocycles. The molecule has 24 heavy (non-hydrogen) atoms. The Bertz CT molecular complexity index is 1010. The predicted octanol–water partition coefficient (Wildman–Crippen LogP) is 4.41. The van der Waals surface area contributed by atoms with Crippen molar-refractivity contribution in [1.29, 1.82) is 0 Å². The van der Waals surface area contributed by atoms with Gasteiger partial charge in [0.1, 0.15) is 0 Å². The standard InChI is InChI=1S/C17H14N4OS2/c1-10-3-4-11(2)21(10)17-19-13-6-5-12(9-14(13)24-17)15(22)20-16-18-7-8-23-16/h3-9H,1-2H3,(H,18,20,22). The summed E-state index contributed by atoms with van der Waals surface area (Å²) >= 11 is 2.98. The van der Waals surface area contributed by atoms with Crippen LogP contribution in [-0.4, -0.2) is 20.4 Å². The third kappa shape index (κ3) is 2.61. The van der Waals surface area contributed by atoms with Crippen LogP contribution >= 0.6 is 22.7 Å². The Kier molecular flexibility index (Phi) is 3.66. The lowest BCUT2D eigenvalue weighted by molar-refractivity contribution is 0.102. The number of hydrogen-bond donors (Lipinski definition) is 1. The van der Waals surface area contributed by atoms with Crippen molar-refractivity contribution >= 4 is 43.9 Å². The maximum absolute atomic E-state index is 12.3. The van der Waals surface area contributed by atoms with Crippen molar-refractivity contribution in [3.8, 4) is 5.13 Å². The van der Waals surface area contributed by atoms with E-state index in [1.54, 1.807) is 23.6 Å². The number of benzene rings is 1. The molecule has 3 heterocycles. The minimum absolute atomic E-state index is 0.157. The van der Waals surface area contributed by atoms with E-state index in [2.05, 4.69) is 40.8 Å². The van der Waals surface area contributed by atoms with Gasteiger partial charge in [-0.25, -0.2) is 9.97 Å². The third-order valence-electron chi connectivity index (χ3n) is 3.75. The summed E-state index contributed by atoms with van der Waals surface area (Å²) < 4.78 is 3.12. The largest absolute Gasteiger partial charge is 0.298 e. The molecule has 0 aliphatic carbocycles.